The van der Waals surface area contributed by atoms with Gasteiger partial charge >= 0.3 is 5.69 Å². The molecule has 2 aromatic rings. The van der Waals surface area contributed by atoms with Gasteiger partial charge in [0, 0.05) is 20.4 Å². The van der Waals surface area contributed by atoms with Crippen molar-refractivity contribution in [3.63, 3.8) is 0 Å². The Morgan fingerprint density at radius 1 is 1.56 bits per heavy atom. The first-order chi connectivity index (χ1) is 8.45. The summed E-state index contributed by atoms with van der Waals surface area (Å²) in [7, 11) is 3.26. The number of H-pyrrole nitrogens is 1. The standard InChI is InChI=1S/C11H16N4O3/c1-11(2,6-17-4)9-13-8(18-14-9)7-5-12-10(16)15(7)3/h5H,6H2,1-4H3,(H,12,16). The maximum atomic E-state index is 11.3. The van der Waals surface area contributed by atoms with E-state index < -0.39 is 0 Å². The Bertz CT molecular complexity index is 593. The van der Waals surface area contributed by atoms with E-state index in [0.29, 0.717) is 24.0 Å². The van der Waals surface area contributed by atoms with Gasteiger partial charge in [-0.25, -0.2) is 4.79 Å². The second-order valence-corrected chi connectivity index (χ2v) is 4.78. The largest absolute Gasteiger partial charge is 0.384 e. The van der Waals surface area contributed by atoms with Crippen molar-refractivity contribution in [2.24, 2.45) is 7.05 Å². The summed E-state index contributed by atoms with van der Waals surface area (Å²) in [5.41, 5.74) is -0.000975. The third kappa shape index (κ3) is 2.08. The van der Waals surface area contributed by atoms with Crippen LogP contribution < -0.4 is 5.69 Å². The van der Waals surface area contributed by atoms with E-state index in [9.17, 15) is 4.79 Å². The van der Waals surface area contributed by atoms with Gasteiger partial charge in [-0.1, -0.05) is 19.0 Å². The minimum Gasteiger partial charge on any atom is -0.384 e. The summed E-state index contributed by atoms with van der Waals surface area (Å²) in [5, 5.41) is 3.94. The Morgan fingerprint density at radius 2 is 2.28 bits per heavy atom. The molecule has 0 aliphatic rings. The second-order valence-electron chi connectivity index (χ2n) is 4.78. The van der Waals surface area contributed by atoms with Crippen molar-refractivity contribution in [1.29, 1.82) is 0 Å². The molecule has 98 valence electrons. The molecular weight excluding hydrogens is 236 g/mol. The van der Waals surface area contributed by atoms with Crippen LogP contribution in [0.15, 0.2) is 15.5 Å². The third-order valence-electron chi connectivity index (χ3n) is 2.75. The molecule has 0 saturated carbocycles. The average molecular weight is 252 g/mol. The van der Waals surface area contributed by atoms with Gasteiger partial charge in [-0.05, 0) is 0 Å². The molecule has 2 aromatic heterocycles. The van der Waals surface area contributed by atoms with Crippen LogP contribution >= 0.6 is 0 Å². The van der Waals surface area contributed by atoms with E-state index in [1.165, 1.54) is 4.57 Å². The highest BCUT2D eigenvalue weighted by Crippen LogP contribution is 2.23. The zero-order chi connectivity index (χ0) is 13.3. The molecule has 7 heteroatoms. The molecule has 0 aromatic carbocycles. The summed E-state index contributed by atoms with van der Waals surface area (Å²) in [6, 6.07) is 0. The number of ether oxygens (including phenoxy) is 1. The Morgan fingerprint density at radius 3 is 2.83 bits per heavy atom. The lowest BCUT2D eigenvalue weighted by atomic mass is 9.94. The van der Waals surface area contributed by atoms with Crippen molar-refractivity contribution in [3.8, 4) is 11.6 Å². The fraction of sp³-hybridized carbons (Fsp3) is 0.545. The molecule has 0 aliphatic carbocycles. The minimum atomic E-state index is -0.342. The molecule has 0 saturated heterocycles. The number of aromatic amines is 1. The van der Waals surface area contributed by atoms with Crippen LogP contribution in [0.25, 0.3) is 11.6 Å². The first-order valence-electron chi connectivity index (χ1n) is 5.53. The van der Waals surface area contributed by atoms with Gasteiger partial charge in [-0.3, -0.25) is 4.57 Å². The molecular formula is C11H16N4O3. The molecule has 2 rings (SSSR count). The molecule has 2 heterocycles. The summed E-state index contributed by atoms with van der Waals surface area (Å²) in [4.78, 5) is 18.2. The van der Waals surface area contributed by atoms with Crippen molar-refractivity contribution >= 4 is 0 Å². The number of nitrogens with zero attached hydrogens (tertiary/aromatic N) is 3. The summed E-state index contributed by atoms with van der Waals surface area (Å²) in [5.74, 6) is 0.864. The van der Waals surface area contributed by atoms with E-state index in [4.69, 9.17) is 9.26 Å². The average Bonchev–Trinajstić information content (AvgIpc) is 2.88. The molecule has 0 amide bonds. The predicted molar refractivity (Wildman–Crippen MR) is 64.2 cm³/mol. The Balaban J connectivity index is 2.37. The molecule has 0 aliphatic heterocycles. The number of nitrogens with one attached hydrogen (secondary N) is 1. The number of imidazole rings is 1. The highest BCUT2D eigenvalue weighted by atomic mass is 16.5. The van der Waals surface area contributed by atoms with Gasteiger partial charge < -0.3 is 14.2 Å². The summed E-state index contributed by atoms with van der Waals surface area (Å²) in [6.07, 6.45) is 1.54. The van der Waals surface area contributed by atoms with Gasteiger partial charge in [-0.15, -0.1) is 0 Å². The van der Waals surface area contributed by atoms with Crippen molar-refractivity contribution in [1.82, 2.24) is 19.7 Å². The summed E-state index contributed by atoms with van der Waals surface area (Å²) < 4.78 is 11.7. The van der Waals surface area contributed by atoms with Gasteiger partial charge in [0.2, 0.25) is 0 Å². The summed E-state index contributed by atoms with van der Waals surface area (Å²) in [6.45, 7) is 4.40. The molecule has 0 unspecified atom stereocenters. The first-order valence-corrected chi connectivity index (χ1v) is 5.53. The maximum absolute atomic E-state index is 11.3. The number of aromatic nitrogens is 4. The number of hydrogen-bond donors (Lipinski definition) is 1. The van der Waals surface area contributed by atoms with Crippen LogP contribution in [0.4, 0.5) is 0 Å². The Kier molecular flexibility index (Phi) is 3.08. The van der Waals surface area contributed by atoms with E-state index in [0.717, 1.165) is 0 Å². The molecule has 0 fully saturated rings. The molecule has 0 radical (unpaired) electrons. The van der Waals surface area contributed by atoms with Crippen LogP contribution in [-0.4, -0.2) is 33.4 Å². The predicted octanol–water partition coefficient (Wildman–Crippen LogP) is 0.687. The van der Waals surface area contributed by atoms with Gasteiger partial charge in [-0.2, -0.15) is 4.98 Å². The zero-order valence-corrected chi connectivity index (χ0v) is 10.9. The SMILES string of the molecule is COCC(C)(C)c1noc(-c2c[nH]c(=O)n2C)n1. The van der Waals surface area contributed by atoms with Crippen molar-refractivity contribution < 1.29 is 9.26 Å². The van der Waals surface area contributed by atoms with Gasteiger partial charge in [0.05, 0.1) is 12.0 Å². The van der Waals surface area contributed by atoms with E-state index in [2.05, 4.69) is 15.1 Å². The van der Waals surface area contributed by atoms with Gasteiger partial charge in [0.15, 0.2) is 5.82 Å². The highest BCUT2D eigenvalue weighted by Gasteiger charge is 2.27. The van der Waals surface area contributed by atoms with E-state index in [1.807, 2.05) is 13.8 Å². The fourth-order valence-electron chi connectivity index (χ4n) is 1.67. The third-order valence-corrected chi connectivity index (χ3v) is 2.75. The number of methoxy groups -OCH3 is 1. The normalized spacial score (nSPS) is 12.0. The van der Waals surface area contributed by atoms with E-state index >= 15 is 0 Å². The van der Waals surface area contributed by atoms with Crippen LogP contribution in [0.2, 0.25) is 0 Å². The first kappa shape index (κ1) is 12.6. The Hall–Kier alpha value is -1.89. The van der Waals surface area contributed by atoms with Crippen LogP contribution in [0.1, 0.15) is 19.7 Å². The topological polar surface area (TPSA) is 85.9 Å². The number of hydrogen-bond acceptors (Lipinski definition) is 5. The lowest BCUT2D eigenvalue weighted by Crippen LogP contribution is -2.25. The van der Waals surface area contributed by atoms with Crippen LogP contribution in [0.3, 0.4) is 0 Å². The van der Waals surface area contributed by atoms with Crippen LogP contribution in [0.5, 0.6) is 0 Å². The minimum absolute atomic E-state index is 0.221. The molecule has 0 bridgehead atoms. The van der Waals surface area contributed by atoms with Gasteiger partial charge in [0.25, 0.3) is 5.89 Å². The summed E-state index contributed by atoms with van der Waals surface area (Å²) >= 11 is 0. The van der Waals surface area contributed by atoms with Crippen LogP contribution in [0, 0.1) is 0 Å². The quantitative estimate of drug-likeness (QED) is 0.865. The van der Waals surface area contributed by atoms with Crippen molar-refractivity contribution in [3.05, 3.63) is 22.5 Å². The molecule has 1 N–H and O–H groups in total. The Labute approximate surface area is 104 Å². The molecule has 0 atom stereocenters. The lowest BCUT2D eigenvalue weighted by Gasteiger charge is -2.18. The van der Waals surface area contributed by atoms with Crippen molar-refractivity contribution in [2.75, 3.05) is 13.7 Å². The van der Waals surface area contributed by atoms with Crippen molar-refractivity contribution in [2.45, 2.75) is 19.3 Å². The molecule has 7 nitrogen and oxygen atoms in total. The molecule has 18 heavy (non-hydrogen) atoms. The highest BCUT2D eigenvalue weighted by molar-refractivity contribution is 5.45. The fourth-order valence-corrected chi connectivity index (χ4v) is 1.67. The van der Waals surface area contributed by atoms with E-state index in [1.54, 1.807) is 20.4 Å². The zero-order valence-electron chi connectivity index (χ0n) is 10.9. The monoisotopic (exact) mass is 252 g/mol. The molecule has 0 spiro atoms. The second kappa shape index (κ2) is 4.41. The smallest absolute Gasteiger partial charge is 0.325 e. The van der Waals surface area contributed by atoms with Crippen LogP contribution in [-0.2, 0) is 17.2 Å². The maximum Gasteiger partial charge on any atom is 0.325 e. The van der Waals surface area contributed by atoms with Gasteiger partial charge in [0.1, 0.15) is 5.69 Å². The number of rotatable bonds is 4. The van der Waals surface area contributed by atoms with E-state index in [-0.39, 0.29) is 11.1 Å². The lowest BCUT2D eigenvalue weighted by molar-refractivity contribution is 0.141.